The van der Waals surface area contributed by atoms with Gasteiger partial charge in [0.25, 0.3) is 0 Å². The standard InChI is InChI=1S/C18H15F2N5O2/c19-10-3-2-9(6-11(10)20)16-23-17(21)24-18-22-12-7-14-15(8-13(12)25(16)18)27-5-1-4-26-14/h2-3,6-8,16H,1,4-5H2,(H3,21,22,23,24)/t16-/m1/s1. The normalized spacial score (nSPS) is 18.4. The van der Waals surface area contributed by atoms with E-state index in [4.69, 9.17) is 15.2 Å². The van der Waals surface area contributed by atoms with E-state index in [0.29, 0.717) is 47.3 Å². The van der Waals surface area contributed by atoms with Gasteiger partial charge >= 0.3 is 0 Å². The lowest BCUT2D eigenvalue weighted by molar-refractivity contribution is 0.297. The molecule has 2 aromatic carbocycles. The van der Waals surface area contributed by atoms with Crippen molar-refractivity contribution in [1.82, 2.24) is 9.55 Å². The second-order valence-corrected chi connectivity index (χ2v) is 6.33. The fourth-order valence-corrected chi connectivity index (χ4v) is 3.32. The lowest BCUT2D eigenvalue weighted by atomic mass is 10.1. The van der Waals surface area contributed by atoms with Gasteiger partial charge in [-0.05, 0) is 12.1 Å². The number of nitrogens with two attached hydrogens (primary N) is 1. The number of ether oxygens (including phenoxy) is 2. The van der Waals surface area contributed by atoms with E-state index in [1.165, 1.54) is 6.07 Å². The molecule has 2 aliphatic heterocycles. The van der Waals surface area contributed by atoms with Crippen LogP contribution in [0.4, 0.5) is 14.7 Å². The van der Waals surface area contributed by atoms with Crippen LogP contribution >= 0.6 is 0 Å². The van der Waals surface area contributed by atoms with E-state index in [9.17, 15) is 8.78 Å². The number of imidazole rings is 1. The molecule has 0 spiro atoms. The summed E-state index contributed by atoms with van der Waals surface area (Å²) in [5.41, 5.74) is 7.70. The van der Waals surface area contributed by atoms with E-state index in [1.54, 1.807) is 10.6 Å². The Morgan fingerprint density at radius 1 is 1.07 bits per heavy atom. The Morgan fingerprint density at radius 3 is 2.63 bits per heavy atom. The molecule has 1 aromatic heterocycles. The summed E-state index contributed by atoms with van der Waals surface area (Å²) in [6.07, 6.45) is 0.100. The molecule has 138 valence electrons. The van der Waals surface area contributed by atoms with Crippen molar-refractivity contribution in [2.45, 2.75) is 12.6 Å². The van der Waals surface area contributed by atoms with E-state index in [1.807, 2.05) is 6.07 Å². The first kappa shape index (κ1) is 15.9. The minimum absolute atomic E-state index is 0.140. The summed E-state index contributed by atoms with van der Waals surface area (Å²) in [4.78, 5) is 8.91. The Labute approximate surface area is 152 Å². The van der Waals surface area contributed by atoms with Crippen LogP contribution in [-0.2, 0) is 0 Å². The molecule has 0 radical (unpaired) electrons. The first-order valence-electron chi connectivity index (χ1n) is 8.47. The summed E-state index contributed by atoms with van der Waals surface area (Å²) < 4.78 is 40.4. The lowest BCUT2D eigenvalue weighted by Crippen LogP contribution is -2.31. The molecule has 3 aromatic rings. The molecule has 0 saturated heterocycles. The Bertz CT molecular complexity index is 1100. The zero-order chi connectivity index (χ0) is 18.5. The zero-order valence-electron chi connectivity index (χ0n) is 14.1. The lowest BCUT2D eigenvalue weighted by Gasteiger charge is -2.24. The maximum Gasteiger partial charge on any atom is 0.212 e. The quantitative estimate of drug-likeness (QED) is 0.687. The zero-order valence-corrected chi connectivity index (χ0v) is 14.1. The number of aliphatic imine (C=N–C) groups is 1. The van der Waals surface area contributed by atoms with Crippen molar-refractivity contribution in [3.05, 3.63) is 47.5 Å². The number of hydrogen-bond acceptors (Lipinski definition) is 6. The van der Waals surface area contributed by atoms with Crippen LogP contribution in [-0.4, -0.2) is 28.7 Å². The predicted octanol–water partition coefficient (Wildman–Crippen LogP) is 2.76. The molecule has 3 heterocycles. The number of rotatable bonds is 1. The van der Waals surface area contributed by atoms with Crippen molar-refractivity contribution < 1.29 is 18.3 Å². The van der Waals surface area contributed by atoms with Crippen LogP contribution in [0.15, 0.2) is 35.3 Å². The number of fused-ring (bicyclic) bond motifs is 4. The van der Waals surface area contributed by atoms with Gasteiger partial charge in [0.2, 0.25) is 5.95 Å². The first-order chi connectivity index (χ1) is 13.1. The summed E-state index contributed by atoms with van der Waals surface area (Å²) in [6.45, 7) is 1.12. The van der Waals surface area contributed by atoms with Gasteiger partial charge in [-0.15, -0.1) is 0 Å². The molecule has 0 unspecified atom stereocenters. The summed E-state index contributed by atoms with van der Waals surface area (Å²) >= 11 is 0. The number of aromatic nitrogens is 2. The molecule has 2 aliphatic rings. The third-order valence-corrected chi connectivity index (χ3v) is 4.55. The highest BCUT2D eigenvalue weighted by Crippen LogP contribution is 2.39. The summed E-state index contributed by atoms with van der Waals surface area (Å²) in [5.74, 6) is -0.0513. The molecule has 9 heteroatoms. The predicted molar refractivity (Wildman–Crippen MR) is 95.1 cm³/mol. The van der Waals surface area contributed by atoms with Crippen LogP contribution in [0.5, 0.6) is 11.5 Å². The van der Waals surface area contributed by atoms with Gasteiger partial charge in [-0.3, -0.25) is 9.88 Å². The van der Waals surface area contributed by atoms with Gasteiger partial charge in [0, 0.05) is 24.1 Å². The molecular formula is C18H15F2N5O2. The van der Waals surface area contributed by atoms with Gasteiger partial charge in [-0.2, -0.15) is 0 Å². The monoisotopic (exact) mass is 371 g/mol. The van der Waals surface area contributed by atoms with Crippen LogP contribution in [0.2, 0.25) is 0 Å². The van der Waals surface area contributed by atoms with Crippen LogP contribution in [0.3, 0.4) is 0 Å². The second-order valence-electron chi connectivity index (χ2n) is 6.33. The molecular weight excluding hydrogens is 356 g/mol. The van der Waals surface area contributed by atoms with Gasteiger partial charge in [0.1, 0.15) is 0 Å². The van der Waals surface area contributed by atoms with Gasteiger partial charge in [-0.25, -0.2) is 18.8 Å². The van der Waals surface area contributed by atoms with E-state index in [-0.39, 0.29) is 5.96 Å². The number of halogens is 2. The Morgan fingerprint density at radius 2 is 1.85 bits per heavy atom. The fraction of sp³-hybridized carbons (Fsp3) is 0.222. The van der Waals surface area contributed by atoms with Crippen LogP contribution < -0.4 is 20.5 Å². The highest BCUT2D eigenvalue weighted by Gasteiger charge is 2.27. The van der Waals surface area contributed by atoms with E-state index in [0.717, 1.165) is 18.6 Å². The largest absolute Gasteiger partial charge is 0.489 e. The van der Waals surface area contributed by atoms with Crippen LogP contribution in [0.25, 0.3) is 11.0 Å². The highest BCUT2D eigenvalue weighted by atomic mass is 19.2. The molecule has 0 fully saturated rings. The van der Waals surface area contributed by atoms with E-state index >= 15 is 0 Å². The summed E-state index contributed by atoms with van der Waals surface area (Å²) in [5, 5.41) is 2.91. The van der Waals surface area contributed by atoms with E-state index < -0.39 is 17.8 Å². The third-order valence-electron chi connectivity index (χ3n) is 4.55. The molecule has 0 bridgehead atoms. The van der Waals surface area contributed by atoms with Crippen LogP contribution in [0.1, 0.15) is 18.2 Å². The SMILES string of the molecule is NC1=N[C@@H](c2ccc(F)c(F)c2)n2c(nc3cc4c(cc32)OCCCO4)N1. The van der Waals surface area contributed by atoms with Crippen molar-refractivity contribution in [2.75, 3.05) is 18.5 Å². The minimum Gasteiger partial charge on any atom is -0.489 e. The minimum atomic E-state index is -0.948. The fourth-order valence-electron chi connectivity index (χ4n) is 3.32. The van der Waals surface area contributed by atoms with Crippen molar-refractivity contribution >= 4 is 22.9 Å². The number of guanidine groups is 1. The number of nitrogens with zero attached hydrogens (tertiary/aromatic N) is 3. The smallest absolute Gasteiger partial charge is 0.212 e. The van der Waals surface area contributed by atoms with Crippen molar-refractivity contribution in [2.24, 2.45) is 10.7 Å². The number of anilines is 1. The van der Waals surface area contributed by atoms with Gasteiger partial charge in [-0.1, -0.05) is 6.07 Å². The second kappa shape index (κ2) is 5.83. The topological polar surface area (TPSA) is 86.7 Å². The Hall–Kier alpha value is -3.36. The number of benzene rings is 2. The van der Waals surface area contributed by atoms with Gasteiger partial charge in [0.05, 0.1) is 24.2 Å². The Kier molecular flexibility index (Phi) is 3.43. The first-order valence-corrected chi connectivity index (χ1v) is 8.47. The molecule has 7 nitrogen and oxygen atoms in total. The van der Waals surface area contributed by atoms with Gasteiger partial charge < -0.3 is 15.2 Å². The van der Waals surface area contributed by atoms with E-state index in [2.05, 4.69) is 15.3 Å². The van der Waals surface area contributed by atoms with Crippen molar-refractivity contribution in [3.8, 4) is 11.5 Å². The molecule has 1 atom stereocenters. The van der Waals surface area contributed by atoms with Gasteiger partial charge in [0.15, 0.2) is 35.3 Å². The highest BCUT2D eigenvalue weighted by molar-refractivity contribution is 5.95. The number of nitrogens with one attached hydrogen (secondary N) is 1. The molecule has 27 heavy (non-hydrogen) atoms. The molecule has 0 saturated carbocycles. The summed E-state index contributed by atoms with van der Waals surface area (Å²) in [6, 6.07) is 7.27. The average molecular weight is 371 g/mol. The molecule has 0 aliphatic carbocycles. The maximum absolute atomic E-state index is 13.8. The average Bonchev–Trinajstić information content (AvgIpc) is 2.83. The van der Waals surface area contributed by atoms with Crippen LogP contribution in [0, 0.1) is 11.6 Å². The summed E-state index contributed by atoms with van der Waals surface area (Å²) in [7, 11) is 0. The molecule has 3 N–H and O–H groups in total. The van der Waals surface area contributed by atoms with Crippen molar-refractivity contribution in [1.29, 1.82) is 0 Å². The number of hydrogen-bond donors (Lipinski definition) is 2. The third kappa shape index (κ3) is 2.54. The molecule has 5 rings (SSSR count). The molecule has 0 amide bonds. The van der Waals surface area contributed by atoms with Crippen molar-refractivity contribution in [3.63, 3.8) is 0 Å². The Balaban J connectivity index is 1.71. The maximum atomic E-state index is 13.8.